The van der Waals surface area contributed by atoms with Crippen molar-refractivity contribution in [2.45, 2.75) is 18.9 Å². The van der Waals surface area contributed by atoms with Gasteiger partial charge in [0.2, 0.25) is 0 Å². The molecule has 0 amide bonds. The van der Waals surface area contributed by atoms with E-state index in [1.165, 1.54) is 12.8 Å². The van der Waals surface area contributed by atoms with Gasteiger partial charge in [-0.2, -0.15) is 0 Å². The summed E-state index contributed by atoms with van der Waals surface area (Å²) in [6.45, 7) is 0. The summed E-state index contributed by atoms with van der Waals surface area (Å²) in [7, 11) is 0. The molecule has 3 heteroatoms. The van der Waals surface area contributed by atoms with E-state index in [-0.39, 0.29) is 0 Å². The second-order valence-electron chi connectivity index (χ2n) is 2.92. The fourth-order valence-corrected chi connectivity index (χ4v) is 1.80. The molecule has 0 aromatic heterocycles. The molecule has 0 radical (unpaired) electrons. The van der Waals surface area contributed by atoms with Crippen LogP contribution in [0, 0.1) is 0 Å². The number of ether oxygens (including phenoxy) is 1. The Labute approximate surface area is 84.8 Å². The zero-order valence-corrected chi connectivity index (χ0v) is 8.73. The van der Waals surface area contributed by atoms with Gasteiger partial charge in [0.1, 0.15) is 5.75 Å². The van der Waals surface area contributed by atoms with Crippen LogP contribution in [0.2, 0.25) is 5.02 Å². The maximum Gasteiger partial charge on any atom is 0.122 e. The smallest absolute Gasteiger partial charge is 0.122 e. The van der Waals surface area contributed by atoms with Gasteiger partial charge in [0.15, 0.2) is 0 Å². The van der Waals surface area contributed by atoms with Crippen LogP contribution in [-0.2, 0) is 0 Å². The van der Waals surface area contributed by atoms with Gasteiger partial charge in [0.05, 0.1) is 6.10 Å². The zero-order chi connectivity index (χ0) is 8.55. The average Bonchev–Trinajstić information content (AvgIpc) is 2.68. The molecule has 0 unspecified atom stereocenters. The van der Waals surface area contributed by atoms with Crippen molar-refractivity contribution in [3.8, 4) is 5.75 Å². The van der Waals surface area contributed by atoms with Crippen LogP contribution in [0.15, 0.2) is 22.7 Å². The lowest BCUT2D eigenvalue weighted by Crippen LogP contribution is -1.95. The highest BCUT2D eigenvalue weighted by Crippen LogP contribution is 2.30. The number of benzene rings is 1. The van der Waals surface area contributed by atoms with Crippen LogP contribution in [-0.4, -0.2) is 6.10 Å². The van der Waals surface area contributed by atoms with Crippen molar-refractivity contribution in [3.05, 3.63) is 27.7 Å². The second-order valence-corrected chi connectivity index (χ2v) is 4.27. The van der Waals surface area contributed by atoms with Crippen LogP contribution in [0.4, 0.5) is 0 Å². The standard InChI is InChI=1S/C9H8BrClO/c10-6-3-7(11)5-9(4-6)12-8-1-2-8/h3-5,8H,1-2H2. The van der Waals surface area contributed by atoms with Crippen LogP contribution >= 0.6 is 27.5 Å². The molecule has 1 saturated carbocycles. The molecule has 1 aromatic carbocycles. The zero-order valence-electron chi connectivity index (χ0n) is 6.39. The quantitative estimate of drug-likeness (QED) is 0.775. The summed E-state index contributed by atoms with van der Waals surface area (Å²) in [5.74, 6) is 0.858. The summed E-state index contributed by atoms with van der Waals surface area (Å²) in [5.41, 5.74) is 0. The van der Waals surface area contributed by atoms with E-state index in [0.717, 1.165) is 10.2 Å². The lowest BCUT2D eigenvalue weighted by molar-refractivity contribution is 0.303. The molecule has 0 atom stereocenters. The molecule has 64 valence electrons. The predicted octanol–water partition coefficient (Wildman–Crippen LogP) is 3.64. The molecule has 1 aliphatic carbocycles. The fraction of sp³-hybridized carbons (Fsp3) is 0.333. The van der Waals surface area contributed by atoms with E-state index in [9.17, 15) is 0 Å². The SMILES string of the molecule is Clc1cc(Br)cc(OC2CC2)c1. The third kappa shape index (κ3) is 2.14. The monoisotopic (exact) mass is 246 g/mol. The van der Waals surface area contributed by atoms with Gasteiger partial charge < -0.3 is 4.74 Å². The van der Waals surface area contributed by atoms with Crippen LogP contribution in [0.25, 0.3) is 0 Å². The summed E-state index contributed by atoms with van der Waals surface area (Å²) < 4.78 is 6.54. The molecule has 1 aromatic rings. The first kappa shape index (κ1) is 8.39. The van der Waals surface area contributed by atoms with Gasteiger partial charge in [-0.05, 0) is 31.0 Å². The first-order valence-electron chi connectivity index (χ1n) is 3.87. The number of rotatable bonds is 2. The lowest BCUT2D eigenvalue weighted by atomic mass is 10.3. The van der Waals surface area contributed by atoms with Crippen LogP contribution < -0.4 is 4.74 Å². The van der Waals surface area contributed by atoms with E-state index >= 15 is 0 Å². The lowest BCUT2D eigenvalue weighted by Gasteiger charge is -2.04. The van der Waals surface area contributed by atoms with E-state index in [2.05, 4.69) is 15.9 Å². The van der Waals surface area contributed by atoms with Gasteiger partial charge in [0.25, 0.3) is 0 Å². The molecule has 12 heavy (non-hydrogen) atoms. The Hall–Kier alpha value is -0.210. The molecule has 0 aliphatic heterocycles. The van der Waals surface area contributed by atoms with Crippen molar-refractivity contribution in [3.63, 3.8) is 0 Å². The summed E-state index contributed by atoms with van der Waals surface area (Å²) in [4.78, 5) is 0. The van der Waals surface area contributed by atoms with Crippen molar-refractivity contribution >= 4 is 27.5 Å². The molecular weight excluding hydrogens is 239 g/mol. The predicted molar refractivity (Wildman–Crippen MR) is 52.8 cm³/mol. The van der Waals surface area contributed by atoms with E-state index in [1.807, 2.05) is 18.2 Å². The summed E-state index contributed by atoms with van der Waals surface area (Å²) >= 11 is 9.20. The van der Waals surface area contributed by atoms with Crippen LogP contribution in [0.5, 0.6) is 5.75 Å². The number of halogens is 2. The minimum absolute atomic E-state index is 0.426. The van der Waals surface area contributed by atoms with Gasteiger partial charge >= 0.3 is 0 Å². The number of hydrogen-bond donors (Lipinski definition) is 0. The summed E-state index contributed by atoms with van der Waals surface area (Å²) in [6, 6.07) is 5.62. The molecular formula is C9H8BrClO. The third-order valence-corrected chi connectivity index (χ3v) is 2.34. The Balaban J connectivity index is 2.18. The highest BCUT2D eigenvalue weighted by molar-refractivity contribution is 9.10. The fourth-order valence-electron chi connectivity index (χ4n) is 0.975. The molecule has 0 saturated heterocycles. The minimum atomic E-state index is 0.426. The highest BCUT2D eigenvalue weighted by Gasteiger charge is 2.23. The van der Waals surface area contributed by atoms with E-state index in [1.54, 1.807) is 0 Å². The Bertz CT molecular complexity index is 276. The van der Waals surface area contributed by atoms with Crippen LogP contribution in [0.3, 0.4) is 0 Å². The first-order valence-corrected chi connectivity index (χ1v) is 5.04. The Morgan fingerprint density at radius 3 is 2.67 bits per heavy atom. The number of hydrogen-bond acceptors (Lipinski definition) is 1. The van der Waals surface area contributed by atoms with Crippen molar-refractivity contribution < 1.29 is 4.74 Å². The summed E-state index contributed by atoms with van der Waals surface area (Å²) in [5, 5.41) is 0.708. The Kier molecular flexibility index (Phi) is 2.28. The maximum atomic E-state index is 5.84. The molecule has 0 heterocycles. The molecule has 0 bridgehead atoms. The normalized spacial score (nSPS) is 16.2. The van der Waals surface area contributed by atoms with Gasteiger partial charge in [0, 0.05) is 9.50 Å². The Morgan fingerprint density at radius 2 is 2.08 bits per heavy atom. The van der Waals surface area contributed by atoms with Crippen molar-refractivity contribution in [2.75, 3.05) is 0 Å². The molecule has 1 nitrogen and oxygen atoms in total. The van der Waals surface area contributed by atoms with E-state index in [4.69, 9.17) is 16.3 Å². The topological polar surface area (TPSA) is 9.23 Å². The maximum absolute atomic E-state index is 5.84. The van der Waals surface area contributed by atoms with Gasteiger partial charge in [-0.25, -0.2) is 0 Å². The largest absolute Gasteiger partial charge is 0.490 e. The molecule has 1 fully saturated rings. The third-order valence-electron chi connectivity index (χ3n) is 1.66. The van der Waals surface area contributed by atoms with Crippen molar-refractivity contribution in [1.29, 1.82) is 0 Å². The van der Waals surface area contributed by atoms with E-state index < -0.39 is 0 Å². The van der Waals surface area contributed by atoms with Crippen molar-refractivity contribution in [1.82, 2.24) is 0 Å². The highest BCUT2D eigenvalue weighted by atomic mass is 79.9. The minimum Gasteiger partial charge on any atom is -0.490 e. The Morgan fingerprint density at radius 1 is 1.33 bits per heavy atom. The molecule has 0 N–H and O–H groups in total. The van der Waals surface area contributed by atoms with Gasteiger partial charge in [-0.1, -0.05) is 27.5 Å². The molecule has 0 spiro atoms. The van der Waals surface area contributed by atoms with Gasteiger partial charge in [-0.15, -0.1) is 0 Å². The van der Waals surface area contributed by atoms with E-state index in [0.29, 0.717) is 11.1 Å². The molecule has 2 rings (SSSR count). The first-order chi connectivity index (χ1) is 5.74. The summed E-state index contributed by atoms with van der Waals surface area (Å²) in [6.07, 6.45) is 2.77. The average molecular weight is 248 g/mol. The molecule has 1 aliphatic rings. The van der Waals surface area contributed by atoms with Crippen molar-refractivity contribution in [2.24, 2.45) is 0 Å². The van der Waals surface area contributed by atoms with Gasteiger partial charge in [-0.3, -0.25) is 0 Å². The second kappa shape index (κ2) is 3.27. The van der Waals surface area contributed by atoms with Crippen LogP contribution in [0.1, 0.15) is 12.8 Å².